The lowest BCUT2D eigenvalue weighted by atomic mass is 10.2. The molecule has 0 amide bonds. The zero-order chi connectivity index (χ0) is 14.3. The van der Waals surface area contributed by atoms with E-state index in [1.807, 2.05) is 45.0 Å². The predicted molar refractivity (Wildman–Crippen MR) is 79.0 cm³/mol. The van der Waals surface area contributed by atoms with E-state index < -0.39 is 10.8 Å². The number of benzene rings is 2. The topological polar surface area (TPSA) is 17.1 Å². The molecule has 2 aromatic carbocycles. The molecule has 0 spiro atoms. The smallest absolute Gasteiger partial charge is 0.123 e. The summed E-state index contributed by atoms with van der Waals surface area (Å²) < 4.78 is 24.7. The fraction of sp³-hybridized carbons (Fsp3) is 0.250. The Morgan fingerprint density at radius 1 is 0.947 bits per heavy atom. The Morgan fingerprint density at radius 2 is 1.47 bits per heavy atom. The van der Waals surface area contributed by atoms with Crippen LogP contribution in [0.4, 0.5) is 4.39 Å². The average Bonchev–Trinajstić information content (AvgIpc) is 2.44. The summed E-state index contributed by atoms with van der Waals surface area (Å²) in [6, 6.07) is 13.7. The SMILES string of the molecule is CC.Cc1ccc(CS(=O)c2ccc(F)cc2)cc1. The van der Waals surface area contributed by atoms with E-state index in [2.05, 4.69) is 0 Å². The van der Waals surface area contributed by atoms with E-state index >= 15 is 0 Å². The van der Waals surface area contributed by atoms with Gasteiger partial charge in [0, 0.05) is 4.90 Å². The lowest BCUT2D eigenvalue weighted by Gasteiger charge is -2.03. The van der Waals surface area contributed by atoms with Crippen LogP contribution in [-0.2, 0) is 16.6 Å². The minimum absolute atomic E-state index is 0.305. The Labute approximate surface area is 116 Å². The molecule has 2 rings (SSSR count). The molecule has 1 unspecified atom stereocenters. The van der Waals surface area contributed by atoms with Crippen molar-refractivity contribution in [2.45, 2.75) is 31.4 Å². The number of halogens is 1. The first kappa shape index (κ1) is 15.6. The molecular weight excluding hydrogens is 259 g/mol. The van der Waals surface area contributed by atoms with E-state index in [0.717, 1.165) is 5.56 Å². The zero-order valence-electron chi connectivity index (χ0n) is 11.5. The van der Waals surface area contributed by atoms with E-state index in [1.54, 1.807) is 12.1 Å². The maximum atomic E-state index is 12.7. The fourth-order valence-corrected chi connectivity index (χ4v) is 2.61. The highest BCUT2D eigenvalue weighted by atomic mass is 32.2. The second kappa shape index (κ2) is 7.85. The third-order valence-electron chi connectivity index (χ3n) is 2.49. The first-order valence-electron chi connectivity index (χ1n) is 6.34. The normalized spacial score (nSPS) is 11.4. The van der Waals surface area contributed by atoms with Crippen molar-refractivity contribution in [3.8, 4) is 0 Å². The van der Waals surface area contributed by atoms with Crippen LogP contribution < -0.4 is 0 Å². The van der Waals surface area contributed by atoms with Gasteiger partial charge >= 0.3 is 0 Å². The van der Waals surface area contributed by atoms with Crippen LogP contribution in [0.25, 0.3) is 0 Å². The maximum Gasteiger partial charge on any atom is 0.123 e. The van der Waals surface area contributed by atoms with Crippen molar-refractivity contribution in [3.63, 3.8) is 0 Å². The van der Waals surface area contributed by atoms with Crippen molar-refractivity contribution in [2.24, 2.45) is 0 Å². The van der Waals surface area contributed by atoms with Gasteiger partial charge in [-0.15, -0.1) is 0 Å². The van der Waals surface area contributed by atoms with Crippen LogP contribution >= 0.6 is 0 Å². The molecule has 0 bridgehead atoms. The van der Waals surface area contributed by atoms with Crippen LogP contribution in [0.15, 0.2) is 53.4 Å². The molecule has 0 aliphatic carbocycles. The number of rotatable bonds is 3. The molecule has 1 nitrogen and oxygen atoms in total. The maximum absolute atomic E-state index is 12.7. The molecule has 3 heteroatoms. The van der Waals surface area contributed by atoms with Crippen LogP contribution in [0.2, 0.25) is 0 Å². The summed E-state index contributed by atoms with van der Waals surface area (Å²) in [6.45, 7) is 6.01. The van der Waals surface area contributed by atoms with Crippen molar-refractivity contribution >= 4 is 10.8 Å². The molecule has 0 aliphatic heterocycles. The lowest BCUT2D eigenvalue weighted by Crippen LogP contribution is -1.96. The quantitative estimate of drug-likeness (QED) is 0.809. The standard InChI is InChI=1S/C14H13FOS.C2H6/c1-11-2-4-12(5-3-11)10-17(16)14-8-6-13(15)7-9-14;1-2/h2-9H,10H2,1H3;1-2H3. The van der Waals surface area contributed by atoms with Gasteiger partial charge in [0.15, 0.2) is 0 Å². The zero-order valence-corrected chi connectivity index (χ0v) is 12.3. The minimum Gasteiger partial charge on any atom is -0.254 e. The molecular formula is C16H19FOS. The molecule has 0 aromatic heterocycles. The van der Waals surface area contributed by atoms with Gasteiger partial charge < -0.3 is 0 Å². The second-order valence-electron chi connectivity index (χ2n) is 3.93. The molecule has 1 atom stereocenters. The first-order chi connectivity index (χ1) is 9.15. The Balaban J connectivity index is 0.000000861. The van der Waals surface area contributed by atoms with Gasteiger partial charge in [0.05, 0.1) is 16.6 Å². The molecule has 0 heterocycles. The molecule has 0 fully saturated rings. The molecule has 0 saturated carbocycles. The van der Waals surface area contributed by atoms with E-state index in [-0.39, 0.29) is 5.82 Å². The largest absolute Gasteiger partial charge is 0.254 e. The van der Waals surface area contributed by atoms with E-state index in [9.17, 15) is 8.60 Å². The summed E-state index contributed by atoms with van der Waals surface area (Å²) in [5.41, 5.74) is 2.21. The van der Waals surface area contributed by atoms with Gasteiger partial charge in [-0.3, -0.25) is 4.21 Å². The summed E-state index contributed by atoms with van der Waals surface area (Å²) in [5.74, 6) is 0.160. The third-order valence-corrected chi connectivity index (χ3v) is 3.89. The first-order valence-corrected chi connectivity index (χ1v) is 7.66. The van der Waals surface area contributed by atoms with Crippen LogP contribution in [0, 0.1) is 12.7 Å². The monoisotopic (exact) mass is 278 g/mol. The molecule has 19 heavy (non-hydrogen) atoms. The third kappa shape index (κ3) is 4.95. The highest BCUT2D eigenvalue weighted by Crippen LogP contribution is 2.13. The molecule has 0 saturated heterocycles. The van der Waals surface area contributed by atoms with Gasteiger partial charge in [0.25, 0.3) is 0 Å². The van der Waals surface area contributed by atoms with Crippen molar-refractivity contribution < 1.29 is 8.60 Å². The van der Waals surface area contributed by atoms with Crippen molar-refractivity contribution in [2.75, 3.05) is 0 Å². The summed E-state index contributed by atoms with van der Waals surface area (Å²) in [6.07, 6.45) is 0. The van der Waals surface area contributed by atoms with Gasteiger partial charge in [-0.1, -0.05) is 43.7 Å². The van der Waals surface area contributed by atoms with E-state index in [4.69, 9.17) is 0 Å². The van der Waals surface area contributed by atoms with Gasteiger partial charge in [0.2, 0.25) is 0 Å². The van der Waals surface area contributed by atoms with Crippen LogP contribution in [0.1, 0.15) is 25.0 Å². The van der Waals surface area contributed by atoms with Gasteiger partial charge in [-0.05, 0) is 36.8 Å². The number of hydrogen-bond acceptors (Lipinski definition) is 1. The minimum atomic E-state index is -1.12. The van der Waals surface area contributed by atoms with Crippen LogP contribution in [0.5, 0.6) is 0 Å². The van der Waals surface area contributed by atoms with E-state index in [1.165, 1.54) is 17.7 Å². The van der Waals surface area contributed by atoms with Crippen LogP contribution in [0.3, 0.4) is 0 Å². The summed E-state index contributed by atoms with van der Waals surface area (Å²) in [5, 5.41) is 0. The molecule has 102 valence electrons. The molecule has 2 aromatic rings. The molecule has 0 aliphatic rings. The average molecular weight is 278 g/mol. The number of aryl methyl sites for hydroxylation is 1. The Morgan fingerprint density at radius 3 is 2.00 bits per heavy atom. The van der Waals surface area contributed by atoms with Gasteiger partial charge in [-0.25, -0.2) is 4.39 Å². The Kier molecular flexibility index (Phi) is 6.43. The van der Waals surface area contributed by atoms with E-state index in [0.29, 0.717) is 10.6 Å². The van der Waals surface area contributed by atoms with Gasteiger partial charge in [-0.2, -0.15) is 0 Å². The second-order valence-corrected chi connectivity index (χ2v) is 5.38. The summed E-state index contributed by atoms with van der Waals surface area (Å²) in [7, 11) is -1.12. The fourth-order valence-electron chi connectivity index (χ4n) is 1.51. The van der Waals surface area contributed by atoms with Crippen LogP contribution in [-0.4, -0.2) is 4.21 Å². The predicted octanol–water partition coefficient (Wildman–Crippen LogP) is 4.47. The van der Waals surface area contributed by atoms with Crippen molar-refractivity contribution in [3.05, 3.63) is 65.5 Å². The summed E-state index contributed by atoms with van der Waals surface area (Å²) >= 11 is 0. The highest BCUT2D eigenvalue weighted by Gasteiger charge is 2.05. The van der Waals surface area contributed by atoms with Gasteiger partial charge in [0.1, 0.15) is 5.82 Å². The highest BCUT2D eigenvalue weighted by molar-refractivity contribution is 7.84. The summed E-state index contributed by atoms with van der Waals surface area (Å²) in [4.78, 5) is 0.659. The lowest BCUT2D eigenvalue weighted by molar-refractivity contribution is 0.626. The van der Waals surface area contributed by atoms with Crippen molar-refractivity contribution in [1.82, 2.24) is 0 Å². The van der Waals surface area contributed by atoms with Crippen molar-refractivity contribution in [1.29, 1.82) is 0 Å². The Hall–Kier alpha value is -1.48. The molecule has 0 radical (unpaired) electrons. The Bertz CT molecular complexity index is 517. The molecule has 0 N–H and O–H groups in total. The number of hydrogen-bond donors (Lipinski definition) is 0.